The van der Waals surface area contributed by atoms with Crippen molar-refractivity contribution in [2.45, 2.75) is 64.4 Å². The summed E-state index contributed by atoms with van der Waals surface area (Å²) in [5.74, 6) is 2.32. The number of ether oxygens (including phenoxy) is 1. The van der Waals surface area contributed by atoms with Gasteiger partial charge in [-0.2, -0.15) is 0 Å². The molecule has 2 rings (SSSR count). The number of hydrogen-bond acceptors (Lipinski definition) is 2. The van der Waals surface area contributed by atoms with Crippen molar-refractivity contribution in [2.75, 3.05) is 13.2 Å². The van der Waals surface area contributed by atoms with Gasteiger partial charge in [-0.05, 0) is 62.7 Å². The Hall–Kier alpha value is -0.0800. The molecule has 0 aromatic rings. The van der Waals surface area contributed by atoms with E-state index in [0.29, 0.717) is 5.92 Å². The molecule has 1 saturated heterocycles. The molecule has 2 fully saturated rings. The lowest BCUT2D eigenvalue weighted by molar-refractivity contribution is -0.0484. The Morgan fingerprint density at radius 3 is 2.24 bits per heavy atom. The second-order valence-electron chi connectivity index (χ2n) is 6.57. The maximum atomic E-state index is 10.7. The van der Waals surface area contributed by atoms with E-state index in [1.807, 2.05) is 0 Å². The second-order valence-corrected chi connectivity index (χ2v) is 6.57. The minimum atomic E-state index is -0.354. The van der Waals surface area contributed by atoms with E-state index in [9.17, 15) is 5.11 Å². The lowest BCUT2D eigenvalue weighted by atomic mass is 9.71. The molecular weight excluding hydrogens is 212 g/mol. The lowest BCUT2D eigenvalue weighted by Crippen LogP contribution is -2.38. The molecular formula is C15H28O2. The second kappa shape index (κ2) is 5.71. The van der Waals surface area contributed by atoms with Crippen LogP contribution in [0.1, 0.15) is 58.8 Å². The predicted octanol–water partition coefficient (Wildman–Crippen LogP) is 3.38. The van der Waals surface area contributed by atoms with Crippen LogP contribution in [0.3, 0.4) is 0 Å². The fraction of sp³-hybridized carbons (Fsp3) is 1.00. The minimum absolute atomic E-state index is 0.354. The van der Waals surface area contributed by atoms with E-state index in [-0.39, 0.29) is 5.60 Å². The zero-order chi connectivity index (χ0) is 12.3. The monoisotopic (exact) mass is 240 g/mol. The minimum Gasteiger partial charge on any atom is -0.390 e. The highest BCUT2D eigenvalue weighted by atomic mass is 16.5. The fourth-order valence-corrected chi connectivity index (χ4v) is 3.54. The summed E-state index contributed by atoms with van der Waals surface area (Å²) in [4.78, 5) is 0. The third kappa shape index (κ3) is 3.69. The lowest BCUT2D eigenvalue weighted by Gasteiger charge is -2.40. The Bertz CT molecular complexity index is 223. The highest BCUT2D eigenvalue weighted by molar-refractivity contribution is 4.88. The van der Waals surface area contributed by atoms with Crippen LogP contribution in [0, 0.1) is 17.8 Å². The van der Waals surface area contributed by atoms with Gasteiger partial charge in [0.25, 0.3) is 0 Å². The topological polar surface area (TPSA) is 29.5 Å². The number of hydrogen-bond donors (Lipinski definition) is 1. The van der Waals surface area contributed by atoms with Gasteiger partial charge in [0.2, 0.25) is 0 Å². The smallest absolute Gasteiger partial charge is 0.0650 e. The highest BCUT2D eigenvalue weighted by Gasteiger charge is 2.36. The van der Waals surface area contributed by atoms with Gasteiger partial charge in [0.05, 0.1) is 5.60 Å². The van der Waals surface area contributed by atoms with Gasteiger partial charge < -0.3 is 9.84 Å². The predicted molar refractivity (Wildman–Crippen MR) is 69.9 cm³/mol. The van der Waals surface area contributed by atoms with E-state index in [1.165, 1.54) is 12.8 Å². The Labute approximate surface area is 106 Å². The van der Waals surface area contributed by atoms with Crippen LogP contribution < -0.4 is 0 Å². The zero-order valence-electron chi connectivity index (χ0n) is 11.5. The zero-order valence-corrected chi connectivity index (χ0v) is 11.5. The summed E-state index contributed by atoms with van der Waals surface area (Å²) in [5, 5.41) is 10.7. The molecule has 0 spiro atoms. The Balaban J connectivity index is 1.80. The average Bonchev–Trinajstić information content (AvgIpc) is 2.30. The first-order valence-electron chi connectivity index (χ1n) is 7.39. The van der Waals surface area contributed by atoms with Crippen LogP contribution >= 0.6 is 0 Å². The van der Waals surface area contributed by atoms with Crippen molar-refractivity contribution in [3.63, 3.8) is 0 Å². The van der Waals surface area contributed by atoms with E-state index in [1.54, 1.807) is 0 Å². The van der Waals surface area contributed by atoms with E-state index < -0.39 is 0 Å². The first kappa shape index (κ1) is 13.4. The first-order chi connectivity index (χ1) is 8.09. The molecule has 2 nitrogen and oxygen atoms in total. The summed E-state index contributed by atoms with van der Waals surface area (Å²) < 4.78 is 5.39. The molecule has 1 aliphatic carbocycles. The Kier molecular flexibility index (Phi) is 4.48. The van der Waals surface area contributed by atoms with Crippen molar-refractivity contribution in [3.05, 3.63) is 0 Å². The van der Waals surface area contributed by atoms with Crippen LogP contribution in [-0.4, -0.2) is 23.9 Å². The molecule has 1 saturated carbocycles. The molecule has 1 aliphatic heterocycles. The highest BCUT2D eigenvalue weighted by Crippen LogP contribution is 2.40. The molecule has 100 valence electrons. The SMILES string of the molecule is CC(C)C1CCC(O)(CC2CCOCC2)CC1. The van der Waals surface area contributed by atoms with Crippen LogP contribution in [0.25, 0.3) is 0 Å². The van der Waals surface area contributed by atoms with Crippen LogP contribution in [-0.2, 0) is 4.74 Å². The van der Waals surface area contributed by atoms with Crippen LogP contribution in [0.2, 0.25) is 0 Å². The Morgan fingerprint density at radius 2 is 1.71 bits per heavy atom. The van der Waals surface area contributed by atoms with Crippen molar-refractivity contribution >= 4 is 0 Å². The maximum absolute atomic E-state index is 10.7. The molecule has 0 atom stereocenters. The van der Waals surface area contributed by atoms with Gasteiger partial charge in [-0.1, -0.05) is 13.8 Å². The van der Waals surface area contributed by atoms with E-state index in [4.69, 9.17) is 4.74 Å². The summed E-state index contributed by atoms with van der Waals surface area (Å²) >= 11 is 0. The quantitative estimate of drug-likeness (QED) is 0.819. The molecule has 0 aromatic carbocycles. The maximum Gasteiger partial charge on any atom is 0.0650 e. The molecule has 1 heterocycles. The van der Waals surface area contributed by atoms with Crippen molar-refractivity contribution < 1.29 is 9.84 Å². The molecule has 2 heteroatoms. The van der Waals surface area contributed by atoms with E-state index in [2.05, 4.69) is 13.8 Å². The molecule has 2 aliphatic rings. The third-order valence-electron chi connectivity index (χ3n) is 4.91. The molecule has 0 amide bonds. The van der Waals surface area contributed by atoms with Crippen molar-refractivity contribution in [3.8, 4) is 0 Å². The third-order valence-corrected chi connectivity index (χ3v) is 4.91. The summed E-state index contributed by atoms with van der Waals surface area (Å²) in [7, 11) is 0. The number of aliphatic hydroxyl groups is 1. The van der Waals surface area contributed by atoms with Gasteiger partial charge >= 0.3 is 0 Å². The normalized spacial score (nSPS) is 36.4. The van der Waals surface area contributed by atoms with Gasteiger partial charge in [-0.3, -0.25) is 0 Å². The van der Waals surface area contributed by atoms with Crippen molar-refractivity contribution in [1.82, 2.24) is 0 Å². The number of rotatable bonds is 3. The summed E-state index contributed by atoms with van der Waals surface area (Å²) in [5.41, 5.74) is -0.354. The van der Waals surface area contributed by atoms with Crippen LogP contribution in [0.5, 0.6) is 0 Å². The molecule has 0 bridgehead atoms. The van der Waals surface area contributed by atoms with Gasteiger partial charge in [-0.25, -0.2) is 0 Å². The summed E-state index contributed by atoms with van der Waals surface area (Å²) in [6.07, 6.45) is 7.79. The van der Waals surface area contributed by atoms with Gasteiger partial charge in [-0.15, -0.1) is 0 Å². The average molecular weight is 240 g/mol. The molecule has 0 radical (unpaired) electrons. The standard InChI is InChI=1S/C15H28O2/c1-12(2)14-3-7-15(16,8-4-14)11-13-5-9-17-10-6-13/h12-14,16H,3-11H2,1-2H3. The van der Waals surface area contributed by atoms with Crippen LogP contribution in [0.4, 0.5) is 0 Å². The summed E-state index contributed by atoms with van der Waals surface area (Å²) in [6.45, 7) is 6.42. The van der Waals surface area contributed by atoms with Gasteiger partial charge in [0.15, 0.2) is 0 Å². The van der Waals surface area contributed by atoms with Crippen molar-refractivity contribution in [1.29, 1.82) is 0 Å². The first-order valence-corrected chi connectivity index (χ1v) is 7.39. The van der Waals surface area contributed by atoms with Crippen LogP contribution in [0.15, 0.2) is 0 Å². The molecule has 0 unspecified atom stereocenters. The van der Waals surface area contributed by atoms with Crippen molar-refractivity contribution in [2.24, 2.45) is 17.8 Å². The van der Waals surface area contributed by atoms with Gasteiger partial charge in [0, 0.05) is 13.2 Å². The fourth-order valence-electron chi connectivity index (χ4n) is 3.54. The molecule has 1 N–H and O–H groups in total. The Morgan fingerprint density at radius 1 is 1.12 bits per heavy atom. The molecule has 0 aromatic heterocycles. The largest absolute Gasteiger partial charge is 0.390 e. The van der Waals surface area contributed by atoms with E-state index >= 15 is 0 Å². The van der Waals surface area contributed by atoms with Gasteiger partial charge in [0.1, 0.15) is 0 Å². The molecule has 17 heavy (non-hydrogen) atoms. The van der Waals surface area contributed by atoms with E-state index in [0.717, 1.165) is 57.2 Å². The summed E-state index contributed by atoms with van der Waals surface area (Å²) in [6, 6.07) is 0.